The van der Waals surface area contributed by atoms with Crippen LogP contribution in [0.3, 0.4) is 0 Å². The van der Waals surface area contributed by atoms with Crippen molar-refractivity contribution in [3.05, 3.63) is 18.7 Å². The van der Waals surface area contributed by atoms with Crippen molar-refractivity contribution in [3.8, 4) is 0 Å². The van der Waals surface area contributed by atoms with Crippen molar-refractivity contribution in [2.45, 2.75) is 30.5 Å². The Morgan fingerprint density at radius 3 is 2.61 bits per heavy atom. The summed E-state index contributed by atoms with van der Waals surface area (Å²) in [7, 11) is 4.05. The molecular formula is C13H19N9O. The number of likely N-dealkylation sites (tertiary alicyclic amines) is 1. The van der Waals surface area contributed by atoms with E-state index in [0.717, 1.165) is 12.8 Å². The second kappa shape index (κ2) is 5.08. The fourth-order valence-corrected chi connectivity index (χ4v) is 3.41. The van der Waals surface area contributed by atoms with E-state index >= 15 is 0 Å². The predicted molar refractivity (Wildman–Crippen MR) is 78.1 cm³/mol. The highest BCUT2D eigenvalue weighted by Gasteiger charge is 2.56. The summed E-state index contributed by atoms with van der Waals surface area (Å²) in [4.78, 5) is 17.1. The van der Waals surface area contributed by atoms with Gasteiger partial charge in [0.05, 0.1) is 18.3 Å². The molecule has 1 aliphatic heterocycles. The maximum absolute atomic E-state index is 13.1. The summed E-state index contributed by atoms with van der Waals surface area (Å²) in [5.74, 6) is 0.0965. The average Bonchev–Trinajstić information content (AvgIpc) is 3.03. The van der Waals surface area contributed by atoms with Gasteiger partial charge in [-0.3, -0.25) is 4.79 Å². The van der Waals surface area contributed by atoms with Gasteiger partial charge in [0.2, 0.25) is 0 Å². The van der Waals surface area contributed by atoms with Crippen LogP contribution in [0, 0.1) is 0 Å². The first kappa shape index (κ1) is 14.2. The Balaban J connectivity index is 1.58. The summed E-state index contributed by atoms with van der Waals surface area (Å²) in [6, 6.07) is 0.298. The Labute approximate surface area is 133 Å². The van der Waals surface area contributed by atoms with Gasteiger partial charge in [-0.2, -0.15) is 0 Å². The van der Waals surface area contributed by atoms with Crippen molar-refractivity contribution in [1.29, 1.82) is 0 Å². The molecule has 0 aromatic carbocycles. The molecule has 10 heteroatoms. The van der Waals surface area contributed by atoms with Crippen molar-refractivity contribution in [2.75, 3.05) is 27.2 Å². The second-order valence-electron chi connectivity index (χ2n) is 6.48. The number of aromatic nitrogens is 7. The first-order valence-electron chi connectivity index (χ1n) is 7.67. The van der Waals surface area contributed by atoms with E-state index in [2.05, 4.69) is 30.7 Å². The molecule has 2 aliphatic rings. The van der Waals surface area contributed by atoms with Crippen molar-refractivity contribution < 1.29 is 4.79 Å². The third kappa shape index (κ3) is 2.21. The molecule has 2 fully saturated rings. The first-order chi connectivity index (χ1) is 11.1. The standard InChI is InChI=1S/C13H19N9O/c1-19(2)10-7-20(8-11(10)21-6-5-14-17-21)12(23)13(3-4-13)22-9-15-16-18-22/h5-6,9-11H,3-4,7-8H2,1-2H3/t10-,11+/m1/s1. The molecule has 0 N–H and O–H groups in total. The fourth-order valence-electron chi connectivity index (χ4n) is 3.41. The third-order valence-electron chi connectivity index (χ3n) is 4.90. The number of rotatable bonds is 4. The van der Waals surface area contributed by atoms with Gasteiger partial charge < -0.3 is 9.80 Å². The highest BCUT2D eigenvalue weighted by Crippen LogP contribution is 2.45. The van der Waals surface area contributed by atoms with Gasteiger partial charge in [0, 0.05) is 19.3 Å². The topological polar surface area (TPSA) is 97.9 Å². The molecular weight excluding hydrogens is 298 g/mol. The predicted octanol–water partition coefficient (Wildman–Crippen LogP) is -1.23. The summed E-state index contributed by atoms with van der Waals surface area (Å²) in [6.07, 6.45) is 6.62. The van der Waals surface area contributed by atoms with Crippen LogP contribution in [0.25, 0.3) is 0 Å². The maximum Gasteiger partial charge on any atom is 0.250 e. The highest BCUT2D eigenvalue weighted by molar-refractivity contribution is 5.87. The highest BCUT2D eigenvalue weighted by atomic mass is 16.2. The van der Waals surface area contributed by atoms with Crippen LogP contribution < -0.4 is 0 Å². The smallest absolute Gasteiger partial charge is 0.250 e. The summed E-state index contributed by atoms with van der Waals surface area (Å²) in [6.45, 7) is 1.29. The van der Waals surface area contributed by atoms with E-state index in [1.807, 2.05) is 29.9 Å². The molecule has 0 spiro atoms. The Hall–Kier alpha value is -2.36. The lowest BCUT2D eigenvalue weighted by Gasteiger charge is -2.24. The molecule has 2 aromatic heterocycles. The van der Waals surface area contributed by atoms with Crippen LogP contribution in [-0.2, 0) is 10.3 Å². The van der Waals surface area contributed by atoms with Crippen molar-refractivity contribution >= 4 is 5.91 Å². The molecule has 1 saturated carbocycles. The van der Waals surface area contributed by atoms with E-state index in [-0.39, 0.29) is 18.0 Å². The number of hydrogen-bond donors (Lipinski definition) is 0. The minimum absolute atomic E-state index is 0.0965. The lowest BCUT2D eigenvalue weighted by Crippen LogP contribution is -2.43. The Morgan fingerprint density at radius 2 is 2.04 bits per heavy atom. The monoisotopic (exact) mass is 317 g/mol. The van der Waals surface area contributed by atoms with Gasteiger partial charge in [0.1, 0.15) is 11.9 Å². The molecule has 0 radical (unpaired) electrons. The van der Waals surface area contributed by atoms with Crippen LogP contribution >= 0.6 is 0 Å². The summed E-state index contributed by atoms with van der Waals surface area (Å²) >= 11 is 0. The molecule has 1 amide bonds. The lowest BCUT2D eigenvalue weighted by molar-refractivity contribution is -0.135. The summed E-state index contributed by atoms with van der Waals surface area (Å²) < 4.78 is 3.44. The van der Waals surface area contributed by atoms with Gasteiger partial charge >= 0.3 is 0 Å². The number of carbonyl (C=O) groups excluding carboxylic acids is 1. The minimum Gasteiger partial charge on any atom is -0.337 e. The quantitative estimate of drug-likeness (QED) is 0.696. The van der Waals surface area contributed by atoms with E-state index in [1.54, 1.807) is 10.9 Å². The Morgan fingerprint density at radius 1 is 1.22 bits per heavy atom. The van der Waals surface area contributed by atoms with Crippen molar-refractivity contribution in [2.24, 2.45) is 0 Å². The van der Waals surface area contributed by atoms with Crippen molar-refractivity contribution in [1.82, 2.24) is 45.0 Å². The van der Waals surface area contributed by atoms with E-state index < -0.39 is 5.54 Å². The van der Waals surface area contributed by atoms with Gasteiger partial charge in [-0.05, 0) is 37.4 Å². The van der Waals surface area contributed by atoms with E-state index in [4.69, 9.17) is 0 Å². The third-order valence-corrected chi connectivity index (χ3v) is 4.90. The normalized spacial score (nSPS) is 26.0. The van der Waals surface area contributed by atoms with E-state index in [1.165, 1.54) is 6.33 Å². The van der Waals surface area contributed by atoms with Crippen LogP contribution in [0.5, 0.6) is 0 Å². The van der Waals surface area contributed by atoms with Crippen LogP contribution in [0.15, 0.2) is 18.7 Å². The molecule has 10 nitrogen and oxygen atoms in total. The van der Waals surface area contributed by atoms with Crippen LogP contribution in [0.4, 0.5) is 0 Å². The van der Waals surface area contributed by atoms with Gasteiger partial charge in [-0.25, -0.2) is 9.36 Å². The zero-order chi connectivity index (χ0) is 16.0. The Bertz CT molecular complexity index is 676. The molecule has 122 valence electrons. The fraction of sp³-hybridized carbons (Fsp3) is 0.692. The largest absolute Gasteiger partial charge is 0.337 e. The molecule has 0 bridgehead atoms. The van der Waals surface area contributed by atoms with Gasteiger partial charge in [-0.15, -0.1) is 10.2 Å². The number of hydrogen-bond acceptors (Lipinski definition) is 7. The lowest BCUT2D eigenvalue weighted by atomic mass is 10.1. The number of carbonyl (C=O) groups is 1. The Kier molecular flexibility index (Phi) is 3.15. The molecule has 2 aromatic rings. The molecule has 1 aliphatic carbocycles. The van der Waals surface area contributed by atoms with Gasteiger partial charge in [0.25, 0.3) is 5.91 Å². The second-order valence-corrected chi connectivity index (χ2v) is 6.48. The van der Waals surface area contributed by atoms with Gasteiger partial charge in [-0.1, -0.05) is 5.21 Å². The summed E-state index contributed by atoms with van der Waals surface area (Å²) in [5, 5.41) is 19.3. The SMILES string of the molecule is CN(C)[C@@H]1CN(C(=O)C2(n3cnnn3)CC2)C[C@@H]1n1ccnn1. The molecule has 1 saturated heterocycles. The molecule has 2 atom stereocenters. The molecule has 3 heterocycles. The van der Waals surface area contributed by atoms with E-state index in [0.29, 0.717) is 13.1 Å². The van der Waals surface area contributed by atoms with Gasteiger partial charge in [0.15, 0.2) is 0 Å². The number of nitrogens with zero attached hydrogens (tertiary/aromatic N) is 9. The van der Waals surface area contributed by atoms with Crippen LogP contribution in [0.2, 0.25) is 0 Å². The van der Waals surface area contributed by atoms with Crippen LogP contribution in [0.1, 0.15) is 18.9 Å². The number of likely N-dealkylation sites (N-methyl/N-ethyl adjacent to an activating group) is 1. The average molecular weight is 317 g/mol. The van der Waals surface area contributed by atoms with Crippen molar-refractivity contribution in [3.63, 3.8) is 0 Å². The zero-order valence-electron chi connectivity index (χ0n) is 13.1. The molecule has 4 rings (SSSR count). The number of amides is 1. The molecule has 23 heavy (non-hydrogen) atoms. The maximum atomic E-state index is 13.1. The number of tetrazole rings is 1. The first-order valence-corrected chi connectivity index (χ1v) is 7.67. The minimum atomic E-state index is -0.586. The van der Waals surface area contributed by atoms with Crippen LogP contribution in [-0.4, -0.2) is 84.1 Å². The van der Waals surface area contributed by atoms with E-state index in [9.17, 15) is 4.79 Å². The summed E-state index contributed by atoms with van der Waals surface area (Å²) in [5.41, 5.74) is -0.586. The molecule has 0 unspecified atom stereocenters. The zero-order valence-corrected chi connectivity index (χ0v) is 13.1.